The van der Waals surface area contributed by atoms with Gasteiger partial charge in [0.25, 0.3) is 0 Å². The molecule has 0 aromatic rings. The number of nitrogens with one attached hydrogen (secondary N) is 1. The van der Waals surface area contributed by atoms with E-state index < -0.39 is 0 Å². The molecule has 0 aromatic heterocycles. The van der Waals surface area contributed by atoms with Crippen molar-refractivity contribution in [2.45, 2.75) is 71.3 Å². The highest BCUT2D eigenvalue weighted by Crippen LogP contribution is 2.08. The summed E-state index contributed by atoms with van der Waals surface area (Å²) < 4.78 is 0. The van der Waals surface area contributed by atoms with Crippen molar-refractivity contribution in [1.82, 2.24) is 10.2 Å². The molecule has 2 heteroatoms. The van der Waals surface area contributed by atoms with Crippen molar-refractivity contribution in [2.75, 3.05) is 26.2 Å². The van der Waals surface area contributed by atoms with Crippen LogP contribution in [0.15, 0.2) is 0 Å². The Kier molecular flexibility index (Phi) is 8.72. The van der Waals surface area contributed by atoms with Gasteiger partial charge < -0.3 is 10.2 Å². The van der Waals surface area contributed by atoms with Gasteiger partial charge in [-0.3, -0.25) is 0 Å². The fourth-order valence-corrected chi connectivity index (χ4v) is 2.67. The lowest BCUT2D eigenvalue weighted by Crippen LogP contribution is -2.38. The van der Waals surface area contributed by atoms with Crippen molar-refractivity contribution in [3.8, 4) is 0 Å². The molecule has 1 rings (SSSR count). The lowest BCUT2D eigenvalue weighted by atomic mass is 10.1. The molecular formula is C15H32N2. The summed E-state index contributed by atoms with van der Waals surface area (Å²) in [5, 5.41) is 3.66. The Bertz CT molecular complexity index is 164. The second-order valence-corrected chi connectivity index (χ2v) is 5.63. The summed E-state index contributed by atoms with van der Waals surface area (Å²) in [5.41, 5.74) is 0. The predicted octanol–water partition coefficient (Wildman–Crippen LogP) is 3.42. The Hall–Kier alpha value is -0.0800. The van der Waals surface area contributed by atoms with E-state index in [1.807, 2.05) is 0 Å². The highest BCUT2D eigenvalue weighted by Gasteiger charge is 2.13. The molecule has 1 aliphatic heterocycles. The van der Waals surface area contributed by atoms with E-state index in [1.165, 1.54) is 77.5 Å². The lowest BCUT2D eigenvalue weighted by Gasteiger charge is -2.21. The van der Waals surface area contributed by atoms with Gasteiger partial charge >= 0.3 is 0 Å². The molecule has 1 N–H and O–H groups in total. The monoisotopic (exact) mass is 240 g/mol. The van der Waals surface area contributed by atoms with Crippen LogP contribution in [-0.4, -0.2) is 37.1 Å². The van der Waals surface area contributed by atoms with Crippen molar-refractivity contribution < 1.29 is 0 Å². The Morgan fingerprint density at radius 1 is 1.00 bits per heavy atom. The maximum Gasteiger partial charge on any atom is 0.0166 e. The van der Waals surface area contributed by atoms with E-state index >= 15 is 0 Å². The van der Waals surface area contributed by atoms with Crippen molar-refractivity contribution in [2.24, 2.45) is 0 Å². The normalized spacial score (nSPS) is 18.7. The zero-order valence-corrected chi connectivity index (χ0v) is 12.0. The Morgan fingerprint density at radius 3 is 2.35 bits per heavy atom. The third kappa shape index (κ3) is 7.77. The molecule has 0 radical (unpaired) electrons. The van der Waals surface area contributed by atoms with Crippen molar-refractivity contribution >= 4 is 0 Å². The molecule has 0 aliphatic carbocycles. The third-order valence-corrected chi connectivity index (χ3v) is 3.75. The van der Waals surface area contributed by atoms with Crippen LogP contribution in [0.5, 0.6) is 0 Å². The molecule has 2 nitrogen and oxygen atoms in total. The molecule has 1 fully saturated rings. The van der Waals surface area contributed by atoms with Crippen molar-refractivity contribution in [3.63, 3.8) is 0 Å². The predicted molar refractivity (Wildman–Crippen MR) is 76.5 cm³/mol. The number of hydrogen-bond donors (Lipinski definition) is 1. The first-order valence-electron chi connectivity index (χ1n) is 7.78. The highest BCUT2D eigenvalue weighted by molar-refractivity contribution is 4.72. The first-order valence-corrected chi connectivity index (χ1v) is 7.78. The van der Waals surface area contributed by atoms with Gasteiger partial charge in [-0.15, -0.1) is 0 Å². The van der Waals surface area contributed by atoms with Gasteiger partial charge in [-0.1, -0.05) is 39.0 Å². The van der Waals surface area contributed by atoms with Gasteiger partial charge in [-0.05, 0) is 45.8 Å². The van der Waals surface area contributed by atoms with Crippen LogP contribution in [0.2, 0.25) is 0 Å². The van der Waals surface area contributed by atoms with E-state index in [2.05, 4.69) is 24.1 Å². The molecule has 102 valence electrons. The van der Waals surface area contributed by atoms with E-state index in [1.54, 1.807) is 0 Å². The highest BCUT2D eigenvalue weighted by atomic mass is 15.2. The molecule has 0 bridgehead atoms. The molecule has 0 spiro atoms. The molecule has 17 heavy (non-hydrogen) atoms. The van der Waals surface area contributed by atoms with Crippen LogP contribution in [0.3, 0.4) is 0 Å². The van der Waals surface area contributed by atoms with Gasteiger partial charge in [0.15, 0.2) is 0 Å². The quantitative estimate of drug-likeness (QED) is 0.589. The van der Waals surface area contributed by atoms with Gasteiger partial charge in [0.2, 0.25) is 0 Å². The van der Waals surface area contributed by atoms with Crippen LogP contribution >= 0.6 is 0 Å². The summed E-state index contributed by atoms with van der Waals surface area (Å²) in [5.74, 6) is 0. The number of rotatable bonds is 10. The zero-order chi connectivity index (χ0) is 12.3. The third-order valence-electron chi connectivity index (χ3n) is 3.75. The van der Waals surface area contributed by atoms with Crippen molar-refractivity contribution in [3.05, 3.63) is 0 Å². The number of hydrogen-bond acceptors (Lipinski definition) is 2. The molecule has 1 heterocycles. The van der Waals surface area contributed by atoms with E-state index in [0.717, 1.165) is 0 Å². The van der Waals surface area contributed by atoms with Gasteiger partial charge in [-0.2, -0.15) is 0 Å². The van der Waals surface area contributed by atoms with Gasteiger partial charge in [0.05, 0.1) is 0 Å². The van der Waals surface area contributed by atoms with Crippen LogP contribution in [0, 0.1) is 0 Å². The number of unbranched alkanes of at least 4 members (excludes halogenated alkanes) is 5. The summed E-state index contributed by atoms with van der Waals surface area (Å²) in [4.78, 5) is 2.60. The summed E-state index contributed by atoms with van der Waals surface area (Å²) in [6.45, 7) is 9.71. The first-order chi connectivity index (χ1) is 8.33. The topological polar surface area (TPSA) is 15.3 Å². The average molecular weight is 240 g/mol. The van der Waals surface area contributed by atoms with E-state index in [-0.39, 0.29) is 0 Å². The molecule has 0 amide bonds. The van der Waals surface area contributed by atoms with Gasteiger partial charge in [0.1, 0.15) is 0 Å². The molecule has 1 aliphatic rings. The minimum Gasteiger partial charge on any atom is -0.313 e. The second-order valence-electron chi connectivity index (χ2n) is 5.63. The largest absolute Gasteiger partial charge is 0.313 e. The average Bonchev–Trinajstić information content (AvgIpc) is 2.80. The number of likely N-dealkylation sites (tertiary alicyclic amines) is 1. The van der Waals surface area contributed by atoms with Crippen LogP contribution in [-0.2, 0) is 0 Å². The molecule has 1 atom stereocenters. The van der Waals surface area contributed by atoms with Crippen LogP contribution in [0.25, 0.3) is 0 Å². The summed E-state index contributed by atoms with van der Waals surface area (Å²) in [6.07, 6.45) is 11.2. The first kappa shape index (κ1) is 15.0. The minimum absolute atomic E-state index is 0.670. The Morgan fingerprint density at radius 2 is 1.65 bits per heavy atom. The SMILES string of the molecule is CCCCCCCCNC(C)CN1CCCC1. The Balaban J connectivity index is 1.84. The summed E-state index contributed by atoms with van der Waals surface area (Å²) in [6, 6.07) is 0.670. The van der Waals surface area contributed by atoms with E-state index in [4.69, 9.17) is 0 Å². The van der Waals surface area contributed by atoms with Gasteiger partial charge in [-0.25, -0.2) is 0 Å². The number of nitrogens with zero attached hydrogens (tertiary/aromatic N) is 1. The smallest absolute Gasteiger partial charge is 0.0166 e. The molecule has 0 saturated carbocycles. The lowest BCUT2D eigenvalue weighted by molar-refractivity contribution is 0.298. The Labute approximate surface area is 108 Å². The second kappa shape index (κ2) is 9.90. The molecule has 1 saturated heterocycles. The van der Waals surface area contributed by atoms with E-state index in [0.29, 0.717) is 6.04 Å². The zero-order valence-electron chi connectivity index (χ0n) is 12.0. The fourth-order valence-electron chi connectivity index (χ4n) is 2.67. The summed E-state index contributed by atoms with van der Waals surface area (Å²) in [7, 11) is 0. The maximum atomic E-state index is 3.66. The fraction of sp³-hybridized carbons (Fsp3) is 1.00. The van der Waals surface area contributed by atoms with Crippen LogP contribution in [0.1, 0.15) is 65.2 Å². The summed E-state index contributed by atoms with van der Waals surface area (Å²) >= 11 is 0. The van der Waals surface area contributed by atoms with Crippen LogP contribution in [0.4, 0.5) is 0 Å². The molecule has 1 unspecified atom stereocenters. The van der Waals surface area contributed by atoms with E-state index in [9.17, 15) is 0 Å². The van der Waals surface area contributed by atoms with Crippen molar-refractivity contribution in [1.29, 1.82) is 0 Å². The van der Waals surface area contributed by atoms with Gasteiger partial charge in [0, 0.05) is 12.6 Å². The maximum absolute atomic E-state index is 3.66. The minimum atomic E-state index is 0.670. The standard InChI is InChI=1S/C15H32N2/c1-3-4-5-6-7-8-11-16-15(2)14-17-12-9-10-13-17/h15-16H,3-14H2,1-2H3. The molecule has 0 aromatic carbocycles. The van der Waals surface area contributed by atoms with Crippen LogP contribution < -0.4 is 5.32 Å². The molecular weight excluding hydrogens is 208 g/mol.